The molecule has 2 fully saturated rings. The van der Waals surface area contributed by atoms with Crippen LogP contribution >= 0.6 is 0 Å². The molecule has 0 spiro atoms. The van der Waals surface area contributed by atoms with Crippen molar-refractivity contribution in [3.05, 3.63) is 0 Å². The van der Waals surface area contributed by atoms with E-state index in [1.54, 1.807) is 0 Å². The minimum Gasteiger partial charge on any atom is -0.315 e. The maximum absolute atomic E-state index is 9.05. The van der Waals surface area contributed by atoms with Crippen molar-refractivity contribution in [2.75, 3.05) is 19.6 Å². The van der Waals surface area contributed by atoms with Crippen LogP contribution in [-0.4, -0.2) is 36.6 Å². The fourth-order valence-corrected chi connectivity index (χ4v) is 3.51. The summed E-state index contributed by atoms with van der Waals surface area (Å²) in [6, 6.07) is 3.52. The molecule has 0 bridgehead atoms. The van der Waals surface area contributed by atoms with Gasteiger partial charge in [-0.15, -0.1) is 0 Å². The summed E-state index contributed by atoms with van der Waals surface area (Å²) < 4.78 is 0. The van der Waals surface area contributed by atoms with E-state index in [1.165, 1.54) is 32.1 Å². The Balaban J connectivity index is 2.10. The molecule has 0 aromatic heterocycles. The van der Waals surface area contributed by atoms with Crippen LogP contribution in [0.2, 0.25) is 0 Å². The maximum atomic E-state index is 9.05. The molecule has 3 heteroatoms. The van der Waals surface area contributed by atoms with E-state index >= 15 is 0 Å². The van der Waals surface area contributed by atoms with Crippen molar-refractivity contribution >= 4 is 0 Å². The molecule has 1 atom stereocenters. The minimum atomic E-state index is 0.321. The summed E-state index contributed by atoms with van der Waals surface area (Å²) in [7, 11) is 0. The highest BCUT2D eigenvalue weighted by Gasteiger charge is 2.34. The van der Waals surface area contributed by atoms with Crippen molar-refractivity contribution < 1.29 is 0 Å². The van der Waals surface area contributed by atoms with Gasteiger partial charge in [-0.3, -0.25) is 4.90 Å². The Labute approximate surface area is 112 Å². The number of nitriles is 1. The van der Waals surface area contributed by atoms with Crippen LogP contribution in [0.3, 0.4) is 0 Å². The standard InChI is InChI=1S/C15H27N3/c1-15(2)11-17-10-14(8-9-16)18(12-15)13-6-4-3-5-7-13/h13-14,17H,3-8,10-12H2,1-2H3. The third-order valence-corrected chi connectivity index (χ3v) is 4.43. The Morgan fingerprint density at radius 1 is 1.28 bits per heavy atom. The summed E-state index contributed by atoms with van der Waals surface area (Å²) in [4.78, 5) is 2.66. The smallest absolute Gasteiger partial charge is 0.0638 e. The molecule has 1 saturated carbocycles. The predicted octanol–water partition coefficient (Wildman–Crippen LogP) is 2.53. The number of rotatable bonds is 2. The van der Waals surface area contributed by atoms with Crippen LogP contribution < -0.4 is 5.32 Å². The van der Waals surface area contributed by atoms with Crippen LogP contribution in [0.1, 0.15) is 52.4 Å². The van der Waals surface area contributed by atoms with Gasteiger partial charge in [0.25, 0.3) is 0 Å². The normalized spacial score (nSPS) is 30.6. The first-order valence-corrected chi connectivity index (χ1v) is 7.46. The van der Waals surface area contributed by atoms with Gasteiger partial charge in [-0.05, 0) is 18.3 Å². The second-order valence-corrected chi connectivity index (χ2v) is 6.78. The highest BCUT2D eigenvalue weighted by molar-refractivity contribution is 4.94. The Bertz CT molecular complexity index is 299. The van der Waals surface area contributed by atoms with Gasteiger partial charge < -0.3 is 5.32 Å². The SMILES string of the molecule is CC1(C)CNCC(CC#N)N(C2CCCCC2)C1. The molecule has 2 aliphatic rings. The van der Waals surface area contributed by atoms with Gasteiger partial charge >= 0.3 is 0 Å². The molecule has 1 aliphatic carbocycles. The Morgan fingerprint density at radius 2 is 2.00 bits per heavy atom. The first-order valence-electron chi connectivity index (χ1n) is 7.46. The predicted molar refractivity (Wildman–Crippen MR) is 74.2 cm³/mol. The highest BCUT2D eigenvalue weighted by Crippen LogP contribution is 2.29. The third kappa shape index (κ3) is 3.46. The number of nitrogens with zero attached hydrogens (tertiary/aromatic N) is 2. The summed E-state index contributed by atoms with van der Waals surface area (Å²) in [5.74, 6) is 0. The quantitative estimate of drug-likeness (QED) is 0.817. The van der Waals surface area contributed by atoms with Crippen molar-refractivity contribution in [1.82, 2.24) is 10.2 Å². The first kappa shape index (κ1) is 13.8. The second kappa shape index (κ2) is 6.04. The molecular weight excluding hydrogens is 222 g/mol. The van der Waals surface area contributed by atoms with Gasteiger partial charge in [0.05, 0.1) is 12.5 Å². The van der Waals surface area contributed by atoms with Gasteiger partial charge in [-0.2, -0.15) is 5.26 Å². The molecule has 3 nitrogen and oxygen atoms in total. The van der Waals surface area contributed by atoms with Crippen molar-refractivity contribution in [2.45, 2.75) is 64.5 Å². The lowest BCUT2D eigenvalue weighted by atomic mass is 9.88. The van der Waals surface area contributed by atoms with Gasteiger partial charge in [0.2, 0.25) is 0 Å². The van der Waals surface area contributed by atoms with Crippen LogP contribution in [0.25, 0.3) is 0 Å². The molecule has 0 aromatic rings. The zero-order valence-electron chi connectivity index (χ0n) is 11.9. The number of hydrogen-bond acceptors (Lipinski definition) is 3. The van der Waals surface area contributed by atoms with Gasteiger partial charge in [-0.1, -0.05) is 33.1 Å². The molecule has 18 heavy (non-hydrogen) atoms. The average Bonchev–Trinajstić information content (AvgIpc) is 2.50. The van der Waals surface area contributed by atoms with E-state index in [-0.39, 0.29) is 0 Å². The average molecular weight is 249 g/mol. The topological polar surface area (TPSA) is 39.1 Å². The fraction of sp³-hybridized carbons (Fsp3) is 0.933. The van der Waals surface area contributed by atoms with Gasteiger partial charge in [0.15, 0.2) is 0 Å². The zero-order valence-corrected chi connectivity index (χ0v) is 11.9. The third-order valence-electron chi connectivity index (χ3n) is 4.43. The Morgan fingerprint density at radius 3 is 2.67 bits per heavy atom. The minimum absolute atomic E-state index is 0.321. The van der Waals surface area contributed by atoms with Gasteiger partial charge in [-0.25, -0.2) is 0 Å². The monoisotopic (exact) mass is 249 g/mol. The lowest BCUT2D eigenvalue weighted by Crippen LogP contribution is -2.48. The second-order valence-electron chi connectivity index (χ2n) is 6.78. The maximum Gasteiger partial charge on any atom is 0.0638 e. The summed E-state index contributed by atoms with van der Waals surface area (Å²) >= 11 is 0. The van der Waals surface area contributed by atoms with Crippen molar-refractivity contribution in [1.29, 1.82) is 5.26 Å². The lowest BCUT2D eigenvalue weighted by Gasteiger charge is -2.41. The largest absolute Gasteiger partial charge is 0.315 e. The van der Waals surface area contributed by atoms with Crippen LogP contribution in [0, 0.1) is 16.7 Å². The van der Waals surface area contributed by atoms with Crippen LogP contribution in [0.15, 0.2) is 0 Å². The molecule has 0 aromatic carbocycles. The lowest BCUT2D eigenvalue weighted by molar-refractivity contribution is 0.0821. The molecule has 1 N–H and O–H groups in total. The zero-order chi connectivity index (χ0) is 13.0. The van der Waals surface area contributed by atoms with E-state index in [4.69, 9.17) is 5.26 Å². The molecule has 1 aliphatic heterocycles. The van der Waals surface area contributed by atoms with Crippen molar-refractivity contribution in [2.24, 2.45) is 5.41 Å². The summed E-state index contributed by atoms with van der Waals surface area (Å²) in [6.07, 6.45) is 7.47. The van der Waals surface area contributed by atoms with Crippen molar-refractivity contribution in [3.63, 3.8) is 0 Å². The molecule has 1 heterocycles. The van der Waals surface area contributed by atoms with E-state index in [0.717, 1.165) is 25.7 Å². The fourth-order valence-electron chi connectivity index (χ4n) is 3.51. The van der Waals surface area contributed by atoms with E-state index in [9.17, 15) is 0 Å². The van der Waals surface area contributed by atoms with E-state index in [2.05, 4.69) is 30.1 Å². The molecule has 0 amide bonds. The molecule has 2 rings (SSSR count). The van der Waals surface area contributed by atoms with Gasteiger partial charge in [0.1, 0.15) is 0 Å². The molecular formula is C15H27N3. The first-order chi connectivity index (χ1) is 8.62. The van der Waals surface area contributed by atoms with Crippen LogP contribution in [0.5, 0.6) is 0 Å². The van der Waals surface area contributed by atoms with Crippen LogP contribution in [0.4, 0.5) is 0 Å². The van der Waals surface area contributed by atoms with E-state index in [1.807, 2.05) is 0 Å². The number of nitrogens with one attached hydrogen (secondary N) is 1. The van der Waals surface area contributed by atoms with Crippen LogP contribution in [-0.2, 0) is 0 Å². The Kier molecular flexibility index (Phi) is 4.64. The molecule has 0 radical (unpaired) electrons. The van der Waals surface area contributed by atoms with E-state index in [0.29, 0.717) is 17.9 Å². The molecule has 1 unspecified atom stereocenters. The Hall–Kier alpha value is -0.590. The summed E-state index contributed by atoms with van der Waals surface area (Å²) in [5, 5.41) is 12.6. The number of hydrogen-bond donors (Lipinski definition) is 1. The summed E-state index contributed by atoms with van der Waals surface area (Å²) in [6.45, 7) is 7.86. The van der Waals surface area contributed by atoms with E-state index < -0.39 is 0 Å². The van der Waals surface area contributed by atoms with Gasteiger partial charge in [0, 0.05) is 31.7 Å². The molecule has 102 valence electrons. The summed E-state index contributed by atoms with van der Waals surface area (Å²) in [5.41, 5.74) is 0.321. The van der Waals surface area contributed by atoms with Crippen molar-refractivity contribution in [3.8, 4) is 6.07 Å². The molecule has 1 saturated heterocycles. The highest BCUT2D eigenvalue weighted by atomic mass is 15.2.